The maximum Gasteiger partial charge on any atom is 0.336 e. The van der Waals surface area contributed by atoms with Crippen LogP contribution in [-0.2, 0) is 11.3 Å². The van der Waals surface area contributed by atoms with Crippen molar-refractivity contribution >= 4 is 18.8 Å². The predicted octanol–water partition coefficient (Wildman–Crippen LogP) is 5.53. The molecular weight excluding hydrogens is 412 g/mol. The van der Waals surface area contributed by atoms with E-state index >= 15 is 0 Å². The maximum atomic E-state index is 11.9. The molecule has 0 aliphatic carbocycles. The lowest BCUT2D eigenvalue weighted by Gasteiger charge is -2.27. The zero-order chi connectivity index (χ0) is 23.2. The van der Waals surface area contributed by atoms with Gasteiger partial charge in [0.05, 0.1) is 18.8 Å². The van der Waals surface area contributed by atoms with Gasteiger partial charge in [-0.05, 0) is 64.7 Å². The highest BCUT2D eigenvalue weighted by molar-refractivity contribution is 5.95. The Balaban J connectivity index is 1.64. The first-order valence-corrected chi connectivity index (χ1v) is 11.1. The molecule has 0 spiro atoms. The van der Waals surface area contributed by atoms with Gasteiger partial charge in [-0.1, -0.05) is 54.6 Å². The van der Waals surface area contributed by atoms with Crippen LogP contribution in [0.3, 0.4) is 0 Å². The van der Waals surface area contributed by atoms with Crippen LogP contribution in [0.2, 0.25) is 0 Å². The van der Waals surface area contributed by atoms with Gasteiger partial charge in [-0.15, -0.1) is 0 Å². The largest absolute Gasteiger partial charge is 0.478 e. The molecule has 0 aromatic heterocycles. The zero-order valence-electron chi connectivity index (χ0n) is 18.8. The fraction of sp³-hybridized carbons (Fsp3) is 0.214. The molecule has 3 aromatic carbocycles. The minimum atomic E-state index is -0.961. The summed E-state index contributed by atoms with van der Waals surface area (Å²) < 4.78 is 5.48. The van der Waals surface area contributed by atoms with Crippen LogP contribution >= 0.6 is 0 Å². The van der Waals surface area contributed by atoms with Crippen molar-refractivity contribution in [3.05, 3.63) is 89.1 Å². The Bertz CT molecular complexity index is 1180. The van der Waals surface area contributed by atoms with E-state index in [2.05, 4.69) is 65.1 Å². The van der Waals surface area contributed by atoms with Crippen LogP contribution in [0, 0.1) is 6.92 Å². The van der Waals surface area contributed by atoms with Gasteiger partial charge in [-0.2, -0.15) is 0 Å². The van der Waals surface area contributed by atoms with Crippen molar-refractivity contribution in [2.45, 2.75) is 13.5 Å². The number of carboxylic acid groups (broad SMARTS) is 1. The van der Waals surface area contributed by atoms with Gasteiger partial charge in [0.15, 0.2) is 0 Å². The van der Waals surface area contributed by atoms with Crippen molar-refractivity contribution in [1.82, 2.24) is 4.90 Å². The standard InChI is InChI=1S/C28H28N2O3/c1-20-17-24(18-27(28(31)32)25(20)11-12-29-2)21-7-9-22(10-8-21)26-6-4-3-5-23(26)19-30-13-15-33-16-14-30/h3-12,17-18H,2,13-16,19H2,1H3,(H,31,32)/b12-11+. The molecule has 3 aromatic rings. The number of carbonyl (C=O) groups is 1. The van der Waals surface area contributed by atoms with Crippen molar-refractivity contribution < 1.29 is 14.6 Å². The molecule has 0 saturated carbocycles. The van der Waals surface area contributed by atoms with Gasteiger partial charge >= 0.3 is 5.97 Å². The number of carboxylic acids is 1. The van der Waals surface area contributed by atoms with Gasteiger partial charge in [0, 0.05) is 25.8 Å². The van der Waals surface area contributed by atoms with Crippen LogP contribution in [0.25, 0.3) is 28.3 Å². The molecule has 1 aliphatic heterocycles. The summed E-state index contributed by atoms with van der Waals surface area (Å²) >= 11 is 0. The van der Waals surface area contributed by atoms with Crippen molar-refractivity contribution in [3.8, 4) is 22.3 Å². The number of aromatic carboxylic acids is 1. The highest BCUT2D eigenvalue weighted by atomic mass is 16.5. The summed E-state index contributed by atoms with van der Waals surface area (Å²) in [5.41, 5.74) is 7.30. The van der Waals surface area contributed by atoms with Crippen molar-refractivity contribution in [2.75, 3.05) is 26.3 Å². The molecular formula is C28H28N2O3. The van der Waals surface area contributed by atoms with Crippen molar-refractivity contribution in [3.63, 3.8) is 0 Å². The molecule has 5 heteroatoms. The number of ether oxygens (including phenoxy) is 1. The summed E-state index contributed by atoms with van der Waals surface area (Å²) in [6.45, 7) is 9.71. The molecule has 1 aliphatic rings. The Morgan fingerprint density at radius 3 is 2.45 bits per heavy atom. The summed E-state index contributed by atoms with van der Waals surface area (Å²) in [4.78, 5) is 18.0. The van der Waals surface area contributed by atoms with Crippen LogP contribution in [0.1, 0.15) is 27.0 Å². The van der Waals surface area contributed by atoms with E-state index in [1.807, 2.05) is 13.0 Å². The van der Waals surface area contributed by atoms with Crippen LogP contribution < -0.4 is 0 Å². The molecule has 168 valence electrons. The molecule has 1 heterocycles. The number of hydrogen-bond donors (Lipinski definition) is 1. The van der Waals surface area contributed by atoms with E-state index in [0.717, 1.165) is 55.1 Å². The Labute approximate surface area is 194 Å². The van der Waals surface area contributed by atoms with Gasteiger partial charge < -0.3 is 9.84 Å². The third-order valence-electron chi connectivity index (χ3n) is 6.01. The van der Waals surface area contributed by atoms with Gasteiger partial charge in [0.1, 0.15) is 0 Å². The molecule has 4 rings (SSSR count). The SMILES string of the molecule is C=N/C=C/c1c(C)cc(-c2ccc(-c3ccccc3CN3CCOCC3)cc2)cc1C(=O)O. The molecule has 1 fully saturated rings. The minimum Gasteiger partial charge on any atom is -0.478 e. The first-order valence-electron chi connectivity index (χ1n) is 11.1. The maximum absolute atomic E-state index is 11.9. The third kappa shape index (κ3) is 5.28. The molecule has 5 nitrogen and oxygen atoms in total. The normalized spacial score (nSPS) is 14.5. The van der Waals surface area contributed by atoms with Gasteiger partial charge in [0.2, 0.25) is 0 Å². The number of nitrogens with zero attached hydrogens (tertiary/aromatic N) is 2. The topological polar surface area (TPSA) is 62.1 Å². The van der Waals surface area contributed by atoms with E-state index in [4.69, 9.17) is 4.74 Å². The monoisotopic (exact) mass is 440 g/mol. The summed E-state index contributed by atoms with van der Waals surface area (Å²) in [5.74, 6) is -0.961. The predicted molar refractivity (Wildman–Crippen MR) is 134 cm³/mol. The van der Waals surface area contributed by atoms with Gasteiger partial charge in [-0.25, -0.2) is 4.79 Å². The Morgan fingerprint density at radius 2 is 1.76 bits per heavy atom. The van der Waals surface area contributed by atoms with Gasteiger partial charge in [-0.3, -0.25) is 9.89 Å². The van der Waals surface area contributed by atoms with Crippen molar-refractivity contribution in [1.29, 1.82) is 0 Å². The first kappa shape index (κ1) is 22.6. The molecule has 0 amide bonds. The second-order valence-electron chi connectivity index (χ2n) is 8.18. The number of morpholine rings is 1. The number of rotatable bonds is 7. The molecule has 0 radical (unpaired) electrons. The zero-order valence-corrected chi connectivity index (χ0v) is 18.8. The average Bonchev–Trinajstić information content (AvgIpc) is 2.84. The Morgan fingerprint density at radius 1 is 1.06 bits per heavy atom. The molecule has 0 unspecified atom stereocenters. The Kier molecular flexibility index (Phi) is 7.13. The van der Waals surface area contributed by atoms with Crippen LogP contribution in [0.15, 0.2) is 71.9 Å². The lowest BCUT2D eigenvalue weighted by Crippen LogP contribution is -2.35. The van der Waals surface area contributed by atoms with E-state index in [-0.39, 0.29) is 5.56 Å². The molecule has 1 N–H and O–H groups in total. The lowest BCUT2D eigenvalue weighted by atomic mass is 9.93. The van der Waals surface area contributed by atoms with Crippen molar-refractivity contribution in [2.24, 2.45) is 4.99 Å². The average molecular weight is 441 g/mol. The Hall–Kier alpha value is -3.54. The van der Waals surface area contributed by atoms with Crippen LogP contribution in [0.4, 0.5) is 0 Å². The highest BCUT2D eigenvalue weighted by Crippen LogP contribution is 2.30. The number of benzene rings is 3. The highest BCUT2D eigenvalue weighted by Gasteiger charge is 2.15. The van der Waals surface area contributed by atoms with Gasteiger partial charge in [0.25, 0.3) is 0 Å². The summed E-state index contributed by atoms with van der Waals surface area (Å²) in [6, 6.07) is 20.6. The summed E-state index contributed by atoms with van der Waals surface area (Å²) in [5, 5.41) is 9.73. The quantitative estimate of drug-likeness (QED) is 0.491. The lowest BCUT2D eigenvalue weighted by molar-refractivity contribution is 0.0342. The number of aliphatic imine (C=N–C) groups is 1. The van der Waals surface area contributed by atoms with E-state index in [9.17, 15) is 9.90 Å². The smallest absolute Gasteiger partial charge is 0.336 e. The van der Waals surface area contributed by atoms with Crippen LogP contribution in [-0.4, -0.2) is 49.0 Å². The van der Waals surface area contributed by atoms with E-state index in [0.29, 0.717) is 5.56 Å². The third-order valence-corrected chi connectivity index (χ3v) is 6.01. The summed E-state index contributed by atoms with van der Waals surface area (Å²) in [6.07, 6.45) is 3.20. The fourth-order valence-electron chi connectivity index (χ4n) is 4.27. The number of hydrogen-bond acceptors (Lipinski definition) is 4. The number of aryl methyl sites for hydroxylation is 1. The van der Waals surface area contributed by atoms with E-state index in [1.165, 1.54) is 17.3 Å². The molecule has 1 saturated heterocycles. The second-order valence-corrected chi connectivity index (χ2v) is 8.18. The van der Waals surface area contributed by atoms with E-state index < -0.39 is 5.97 Å². The second kappa shape index (κ2) is 10.4. The molecule has 0 atom stereocenters. The van der Waals surface area contributed by atoms with E-state index in [1.54, 1.807) is 12.1 Å². The first-order chi connectivity index (χ1) is 16.1. The molecule has 33 heavy (non-hydrogen) atoms. The van der Waals surface area contributed by atoms with Crippen LogP contribution in [0.5, 0.6) is 0 Å². The fourth-order valence-corrected chi connectivity index (χ4v) is 4.27. The minimum absolute atomic E-state index is 0.254. The molecule has 0 bridgehead atoms. The summed E-state index contributed by atoms with van der Waals surface area (Å²) in [7, 11) is 0.